The molecule has 0 spiro atoms. The highest BCUT2D eigenvalue weighted by Crippen LogP contribution is 2.65. The minimum Gasteiger partial charge on any atom is -0.586 e. The van der Waals surface area contributed by atoms with Crippen molar-refractivity contribution in [2.75, 3.05) is 4.72 Å². The average molecular weight is 405 g/mol. The van der Waals surface area contributed by atoms with Gasteiger partial charge in [0.2, 0.25) is 5.60 Å². The van der Waals surface area contributed by atoms with E-state index in [0.717, 1.165) is 0 Å². The van der Waals surface area contributed by atoms with Gasteiger partial charge in [0, 0.05) is 5.41 Å². The predicted molar refractivity (Wildman–Crippen MR) is 89.8 cm³/mol. The van der Waals surface area contributed by atoms with Crippen LogP contribution in [0.4, 0.5) is 18.9 Å². The summed E-state index contributed by atoms with van der Waals surface area (Å²) >= 11 is -3.24. The van der Waals surface area contributed by atoms with E-state index in [0.29, 0.717) is 12.8 Å². The van der Waals surface area contributed by atoms with Crippen LogP contribution < -0.4 is 9.46 Å². The molecule has 6 nitrogen and oxygen atoms in total. The quantitative estimate of drug-likeness (QED) is 0.470. The summed E-state index contributed by atoms with van der Waals surface area (Å²) in [7, 11) is 0. The van der Waals surface area contributed by atoms with Crippen LogP contribution in [0.2, 0.25) is 0 Å². The molecule has 1 aromatic carbocycles. The highest BCUT2D eigenvalue weighted by atomic mass is 32.2. The fourth-order valence-corrected chi connectivity index (χ4v) is 4.11. The second-order valence-electron chi connectivity index (χ2n) is 7.40. The van der Waals surface area contributed by atoms with E-state index in [4.69, 9.17) is 9.47 Å². The Hall–Kier alpha value is -1.94. The molecule has 3 atom stereocenters. The van der Waals surface area contributed by atoms with Crippen molar-refractivity contribution in [1.29, 1.82) is 0 Å². The zero-order chi connectivity index (χ0) is 20.3. The molecule has 1 heterocycles. The van der Waals surface area contributed by atoms with Crippen molar-refractivity contribution in [3.8, 4) is 5.75 Å². The number of alkyl halides is 3. The van der Waals surface area contributed by atoms with Gasteiger partial charge in [-0.1, -0.05) is 13.8 Å². The topological polar surface area (TPSA) is 87.7 Å². The van der Waals surface area contributed by atoms with Crippen LogP contribution >= 0.6 is 0 Å². The van der Waals surface area contributed by atoms with Gasteiger partial charge in [0.25, 0.3) is 0 Å². The Labute approximate surface area is 156 Å². The molecule has 1 aromatic rings. The molecule has 1 saturated carbocycles. The van der Waals surface area contributed by atoms with E-state index < -0.39 is 45.2 Å². The highest BCUT2D eigenvalue weighted by molar-refractivity contribution is 7.93. The lowest BCUT2D eigenvalue weighted by atomic mass is 9.66. The molecule has 1 saturated heterocycles. The van der Waals surface area contributed by atoms with E-state index in [1.807, 2.05) is 0 Å². The summed E-state index contributed by atoms with van der Waals surface area (Å²) in [4.78, 5) is 25.0. The van der Waals surface area contributed by atoms with Crippen molar-refractivity contribution in [3.05, 3.63) is 24.3 Å². The normalized spacial score (nSPS) is 30.0. The summed E-state index contributed by atoms with van der Waals surface area (Å²) in [5.74, 6) is -1.09. The first-order chi connectivity index (χ1) is 12.3. The molecular weight excluding hydrogens is 387 g/mol. The Kier molecular flexibility index (Phi) is 4.43. The first-order valence-electron chi connectivity index (χ1n) is 8.15. The fraction of sp³-hybridized carbons (Fsp3) is 0.529. The number of carbonyl (C=O) groups excluding carboxylic acids is 2. The Balaban J connectivity index is 1.73. The predicted octanol–water partition coefficient (Wildman–Crippen LogP) is 3.31. The minimum atomic E-state index is -4.89. The number of esters is 2. The van der Waals surface area contributed by atoms with Gasteiger partial charge >= 0.3 is 17.4 Å². The summed E-state index contributed by atoms with van der Waals surface area (Å²) < 4.78 is 60.5. The van der Waals surface area contributed by atoms with Crippen LogP contribution in [-0.2, 0) is 25.7 Å². The zero-order valence-electron chi connectivity index (χ0n) is 14.8. The van der Waals surface area contributed by atoms with Gasteiger partial charge in [-0.3, -0.25) is 4.79 Å². The van der Waals surface area contributed by atoms with Crippen molar-refractivity contribution in [1.82, 2.24) is 0 Å². The third kappa shape index (κ3) is 2.85. The van der Waals surface area contributed by atoms with Crippen molar-refractivity contribution in [3.63, 3.8) is 0 Å². The van der Waals surface area contributed by atoms with Crippen LogP contribution in [0.15, 0.2) is 24.3 Å². The summed E-state index contributed by atoms with van der Waals surface area (Å²) in [6.07, 6.45) is 0.839. The maximum Gasteiger partial charge on any atom is 0.598 e. The lowest BCUT2D eigenvalue weighted by Crippen LogP contribution is -2.50. The van der Waals surface area contributed by atoms with Crippen molar-refractivity contribution >= 4 is 29.0 Å². The summed E-state index contributed by atoms with van der Waals surface area (Å²) in [5, 5.41) is 0. The summed E-state index contributed by atoms with van der Waals surface area (Å²) in [5.41, 5.74) is -7.88. The molecule has 148 valence electrons. The number of ether oxygens (including phenoxy) is 2. The van der Waals surface area contributed by atoms with Crippen molar-refractivity contribution < 1.29 is 36.8 Å². The molecule has 27 heavy (non-hydrogen) atoms. The minimum absolute atomic E-state index is 0.0512. The largest absolute Gasteiger partial charge is 0.598 e. The zero-order valence-corrected chi connectivity index (χ0v) is 15.6. The standard InChI is InChI=1S/C17H18F3NO5S/c1-14(2)15(3)8-9-16(14,26-12(15)22)13(23)25-11-6-4-10(5-7-11)21-27(24)17(18,19)20/h4-7,21H,8-9H2,1-3H3/t15-,16+,27?/m0/s1. The van der Waals surface area contributed by atoms with Gasteiger partial charge < -0.3 is 14.0 Å². The molecule has 2 aliphatic rings. The second-order valence-corrected chi connectivity index (χ2v) is 8.61. The van der Waals surface area contributed by atoms with Gasteiger partial charge in [0.05, 0.1) is 11.1 Å². The number of anilines is 1. The van der Waals surface area contributed by atoms with Crippen molar-refractivity contribution in [2.24, 2.45) is 10.8 Å². The Morgan fingerprint density at radius 3 is 2.26 bits per heavy atom. The third-order valence-corrected chi connectivity index (χ3v) is 6.74. The number of halogens is 3. The molecule has 2 bridgehead atoms. The maximum absolute atomic E-state index is 12.8. The van der Waals surface area contributed by atoms with Crippen molar-refractivity contribution in [2.45, 2.75) is 44.7 Å². The first-order valence-corrected chi connectivity index (χ1v) is 9.29. The molecule has 10 heteroatoms. The summed E-state index contributed by atoms with van der Waals surface area (Å²) in [6, 6.07) is 4.94. The molecule has 0 amide bonds. The number of rotatable bonds is 4. The molecule has 1 unspecified atom stereocenters. The van der Waals surface area contributed by atoms with E-state index >= 15 is 0 Å². The van der Waals surface area contributed by atoms with Crippen LogP contribution in [-0.4, -0.2) is 27.6 Å². The van der Waals surface area contributed by atoms with Gasteiger partial charge in [-0.05, 0) is 44.0 Å². The van der Waals surface area contributed by atoms with Crippen LogP contribution in [0.5, 0.6) is 5.75 Å². The molecular formula is C17H18F3NO5S. The highest BCUT2D eigenvalue weighted by Gasteiger charge is 2.76. The average Bonchev–Trinajstić information content (AvgIpc) is 2.86. The molecule has 1 N–H and O–H groups in total. The monoisotopic (exact) mass is 405 g/mol. The molecule has 1 aliphatic carbocycles. The Morgan fingerprint density at radius 1 is 1.22 bits per heavy atom. The van der Waals surface area contributed by atoms with E-state index in [1.165, 1.54) is 24.3 Å². The number of fused-ring (bicyclic) bond motifs is 2. The van der Waals surface area contributed by atoms with Gasteiger partial charge in [-0.25, -0.2) is 9.52 Å². The van der Waals surface area contributed by atoms with E-state index in [2.05, 4.69) is 0 Å². The number of nitrogens with one attached hydrogen (secondary N) is 1. The van der Waals surface area contributed by atoms with Crippen LogP contribution in [0.3, 0.4) is 0 Å². The number of benzene rings is 1. The molecule has 1 aliphatic heterocycles. The molecule has 3 rings (SSSR count). The summed E-state index contributed by atoms with van der Waals surface area (Å²) in [6.45, 7) is 5.33. The van der Waals surface area contributed by atoms with Gasteiger partial charge in [-0.15, -0.1) is 13.2 Å². The Bertz CT molecular complexity index is 782. The lowest BCUT2D eigenvalue weighted by molar-refractivity contribution is -0.176. The number of carbonyl (C=O) groups is 2. The smallest absolute Gasteiger partial charge is 0.586 e. The van der Waals surface area contributed by atoms with Crippen LogP contribution in [0.1, 0.15) is 33.6 Å². The van der Waals surface area contributed by atoms with Crippen LogP contribution in [0, 0.1) is 10.8 Å². The van der Waals surface area contributed by atoms with E-state index in [9.17, 15) is 27.3 Å². The third-order valence-electron chi connectivity index (χ3n) is 5.90. The lowest BCUT2D eigenvalue weighted by Gasteiger charge is -2.34. The van der Waals surface area contributed by atoms with E-state index in [1.54, 1.807) is 25.5 Å². The first kappa shape index (κ1) is 19.8. The second kappa shape index (κ2) is 6.03. The maximum atomic E-state index is 12.8. The van der Waals surface area contributed by atoms with Gasteiger partial charge in [-0.2, -0.15) is 0 Å². The Morgan fingerprint density at radius 2 is 1.81 bits per heavy atom. The fourth-order valence-electron chi connectivity index (χ4n) is 3.65. The van der Waals surface area contributed by atoms with Crippen LogP contribution in [0.25, 0.3) is 0 Å². The van der Waals surface area contributed by atoms with Gasteiger partial charge in [0.15, 0.2) is 11.4 Å². The molecule has 0 aromatic heterocycles. The van der Waals surface area contributed by atoms with Gasteiger partial charge in [0.1, 0.15) is 5.75 Å². The number of hydrogen-bond donors (Lipinski definition) is 1. The number of hydrogen-bond acceptors (Lipinski definition) is 6. The molecule has 0 radical (unpaired) electrons. The molecule has 2 fully saturated rings. The van der Waals surface area contributed by atoms with E-state index in [-0.39, 0.29) is 11.4 Å². The SMILES string of the molecule is CC1(C)[C@@]2(C)CC[C@]1(C(=O)Oc1ccc(N[S+]([O-])C(F)(F)F)cc1)OC2=O.